The highest BCUT2D eigenvalue weighted by atomic mass is 19.4. The Balaban J connectivity index is 2.48. The normalized spacial score (nSPS) is 18.9. The van der Waals surface area contributed by atoms with Gasteiger partial charge in [-0.05, 0) is 12.1 Å². The van der Waals surface area contributed by atoms with E-state index in [0.29, 0.717) is 0 Å². The summed E-state index contributed by atoms with van der Waals surface area (Å²) in [6.07, 6.45) is -11.1. The molecule has 0 saturated heterocycles. The summed E-state index contributed by atoms with van der Waals surface area (Å²) in [6.45, 7) is -1.59. The Morgan fingerprint density at radius 3 is 1.89 bits per heavy atom. The van der Waals surface area contributed by atoms with Crippen LogP contribution in [0.15, 0.2) is 35.3 Å². The summed E-state index contributed by atoms with van der Waals surface area (Å²) in [5.74, 6) is -0.657. The second-order valence-corrected chi connectivity index (χ2v) is 3.93. The maximum absolute atomic E-state index is 12.7. The van der Waals surface area contributed by atoms with Crippen molar-refractivity contribution in [2.45, 2.75) is 17.9 Å². The molecule has 0 aromatic heterocycles. The fourth-order valence-electron chi connectivity index (χ4n) is 1.59. The minimum atomic E-state index is -5.57. The molecule has 0 atom stereocenters. The molecule has 0 aliphatic carbocycles. The van der Waals surface area contributed by atoms with Crippen LogP contribution in [-0.2, 0) is 4.74 Å². The Kier molecular flexibility index (Phi) is 2.98. The maximum Gasteiger partial charge on any atom is 0.426 e. The van der Waals surface area contributed by atoms with E-state index < -0.39 is 30.4 Å². The second kappa shape index (κ2) is 4.14. The zero-order valence-electron chi connectivity index (χ0n) is 9.22. The predicted octanol–water partition coefficient (Wildman–Crippen LogP) is 3.33. The first kappa shape index (κ1) is 13.7. The molecule has 0 saturated carbocycles. The van der Waals surface area contributed by atoms with Gasteiger partial charge >= 0.3 is 12.4 Å². The van der Waals surface area contributed by atoms with Crippen molar-refractivity contribution in [1.29, 1.82) is 0 Å². The highest BCUT2D eigenvalue weighted by Gasteiger charge is 2.74. The van der Waals surface area contributed by atoms with Crippen molar-refractivity contribution in [2.24, 2.45) is 4.99 Å². The number of nitrogens with zero attached hydrogens (tertiary/aromatic N) is 1. The maximum atomic E-state index is 12.7. The van der Waals surface area contributed by atoms with Crippen LogP contribution in [0.3, 0.4) is 0 Å². The van der Waals surface area contributed by atoms with Crippen molar-refractivity contribution < 1.29 is 31.1 Å². The van der Waals surface area contributed by atoms with Gasteiger partial charge in [-0.25, -0.2) is 4.99 Å². The summed E-state index contributed by atoms with van der Waals surface area (Å²) >= 11 is 0. The van der Waals surface area contributed by atoms with Crippen LogP contribution in [0.25, 0.3) is 0 Å². The Labute approximate surface area is 103 Å². The highest BCUT2D eigenvalue weighted by molar-refractivity contribution is 5.95. The van der Waals surface area contributed by atoms with Crippen LogP contribution in [0.2, 0.25) is 0 Å². The first-order chi connectivity index (χ1) is 8.67. The minimum absolute atomic E-state index is 0.0675. The molecule has 8 heteroatoms. The Hall–Kier alpha value is -1.73. The number of halogens is 6. The van der Waals surface area contributed by atoms with Gasteiger partial charge in [0.2, 0.25) is 5.90 Å². The van der Waals surface area contributed by atoms with E-state index in [0.717, 1.165) is 0 Å². The summed E-state index contributed by atoms with van der Waals surface area (Å²) in [4.78, 5) is 2.78. The largest absolute Gasteiger partial charge is 0.474 e. The Morgan fingerprint density at radius 2 is 1.47 bits per heavy atom. The van der Waals surface area contributed by atoms with Crippen LogP contribution < -0.4 is 0 Å². The molecule has 0 amide bonds. The zero-order valence-corrected chi connectivity index (χ0v) is 9.22. The lowest BCUT2D eigenvalue weighted by Crippen LogP contribution is -2.56. The van der Waals surface area contributed by atoms with E-state index in [2.05, 4.69) is 9.73 Å². The Morgan fingerprint density at radius 1 is 0.947 bits per heavy atom. The third-order valence-corrected chi connectivity index (χ3v) is 2.67. The van der Waals surface area contributed by atoms with E-state index in [1.54, 1.807) is 6.07 Å². The van der Waals surface area contributed by atoms with E-state index in [1.165, 1.54) is 24.3 Å². The van der Waals surface area contributed by atoms with E-state index in [-0.39, 0.29) is 5.56 Å². The highest BCUT2D eigenvalue weighted by Crippen LogP contribution is 2.48. The molecule has 0 fully saturated rings. The smallest absolute Gasteiger partial charge is 0.426 e. The summed E-state index contributed by atoms with van der Waals surface area (Å²) in [6, 6.07) is 7.13. The molecule has 104 valence electrons. The minimum Gasteiger partial charge on any atom is -0.474 e. The first-order valence-corrected chi connectivity index (χ1v) is 5.09. The molecule has 1 aromatic rings. The molecular formula is C11H7F6NO. The predicted molar refractivity (Wildman–Crippen MR) is 53.8 cm³/mol. The van der Waals surface area contributed by atoms with Crippen LogP contribution in [0.4, 0.5) is 26.3 Å². The van der Waals surface area contributed by atoms with Gasteiger partial charge in [0.25, 0.3) is 5.54 Å². The van der Waals surface area contributed by atoms with E-state index >= 15 is 0 Å². The summed E-state index contributed by atoms with van der Waals surface area (Å²) in [5.41, 5.74) is -4.12. The number of aliphatic imine (C=N–C) groups is 1. The van der Waals surface area contributed by atoms with Gasteiger partial charge in [0.1, 0.15) is 6.61 Å². The lowest BCUT2D eigenvalue weighted by Gasteiger charge is -2.28. The third kappa shape index (κ3) is 2.15. The van der Waals surface area contributed by atoms with Gasteiger partial charge in [0, 0.05) is 5.56 Å². The first-order valence-electron chi connectivity index (χ1n) is 5.09. The van der Waals surface area contributed by atoms with Crippen molar-refractivity contribution in [1.82, 2.24) is 0 Å². The number of hydrogen-bond acceptors (Lipinski definition) is 2. The summed E-state index contributed by atoms with van der Waals surface area (Å²) in [5, 5.41) is 0. The SMILES string of the molecule is FC(F)(F)C1(C(F)(F)F)COC(c2ccccc2)=N1. The van der Waals surface area contributed by atoms with Gasteiger partial charge in [-0.2, -0.15) is 26.3 Å². The molecule has 19 heavy (non-hydrogen) atoms. The lowest BCUT2D eigenvalue weighted by atomic mass is 10.0. The van der Waals surface area contributed by atoms with Crippen molar-refractivity contribution in [3.05, 3.63) is 35.9 Å². The summed E-state index contributed by atoms with van der Waals surface area (Å²) < 4.78 is 80.7. The Bertz CT molecular complexity index is 476. The van der Waals surface area contributed by atoms with Crippen LogP contribution >= 0.6 is 0 Å². The van der Waals surface area contributed by atoms with Gasteiger partial charge in [0.15, 0.2) is 0 Å². The van der Waals surface area contributed by atoms with Gasteiger partial charge in [0.05, 0.1) is 0 Å². The topological polar surface area (TPSA) is 21.6 Å². The van der Waals surface area contributed by atoms with Gasteiger partial charge in [-0.1, -0.05) is 18.2 Å². The fourth-order valence-corrected chi connectivity index (χ4v) is 1.59. The second-order valence-electron chi connectivity index (χ2n) is 3.93. The molecule has 0 bridgehead atoms. The number of benzene rings is 1. The third-order valence-electron chi connectivity index (χ3n) is 2.67. The van der Waals surface area contributed by atoms with Crippen molar-refractivity contribution in [2.75, 3.05) is 6.61 Å². The number of ether oxygens (including phenoxy) is 1. The van der Waals surface area contributed by atoms with Crippen molar-refractivity contribution >= 4 is 5.90 Å². The monoisotopic (exact) mass is 283 g/mol. The van der Waals surface area contributed by atoms with Gasteiger partial charge in [-0.15, -0.1) is 0 Å². The number of rotatable bonds is 1. The van der Waals surface area contributed by atoms with E-state index in [1.807, 2.05) is 0 Å². The van der Waals surface area contributed by atoms with E-state index in [4.69, 9.17) is 0 Å². The molecule has 1 aromatic carbocycles. The van der Waals surface area contributed by atoms with Crippen LogP contribution in [0, 0.1) is 0 Å². The molecule has 1 heterocycles. The van der Waals surface area contributed by atoms with Crippen molar-refractivity contribution in [3.63, 3.8) is 0 Å². The molecule has 0 spiro atoms. The molecule has 2 nitrogen and oxygen atoms in total. The fraction of sp³-hybridized carbons (Fsp3) is 0.364. The zero-order chi connectivity index (χ0) is 14.3. The van der Waals surface area contributed by atoms with Gasteiger partial charge < -0.3 is 4.74 Å². The van der Waals surface area contributed by atoms with Crippen LogP contribution in [0.1, 0.15) is 5.56 Å². The standard InChI is InChI=1S/C11H7F6NO/c12-10(13,14)9(11(15,16)17)6-19-8(18-9)7-4-2-1-3-5-7/h1-5H,6H2. The van der Waals surface area contributed by atoms with Crippen LogP contribution in [0.5, 0.6) is 0 Å². The number of alkyl halides is 6. The average molecular weight is 283 g/mol. The van der Waals surface area contributed by atoms with Crippen molar-refractivity contribution in [3.8, 4) is 0 Å². The molecule has 1 aliphatic heterocycles. The quantitative estimate of drug-likeness (QED) is 0.724. The average Bonchev–Trinajstić information content (AvgIpc) is 2.75. The summed E-state index contributed by atoms with van der Waals surface area (Å²) in [7, 11) is 0. The van der Waals surface area contributed by atoms with Gasteiger partial charge in [-0.3, -0.25) is 0 Å². The number of hydrogen-bond donors (Lipinski definition) is 0. The molecule has 0 radical (unpaired) electrons. The lowest BCUT2D eigenvalue weighted by molar-refractivity contribution is -0.296. The molecule has 0 N–H and O–H groups in total. The van der Waals surface area contributed by atoms with Crippen LogP contribution in [-0.4, -0.2) is 30.4 Å². The molecule has 1 aliphatic rings. The van der Waals surface area contributed by atoms with E-state index in [9.17, 15) is 26.3 Å². The molecule has 0 unspecified atom stereocenters. The molecule has 2 rings (SSSR count). The molecular weight excluding hydrogens is 276 g/mol.